The Balaban J connectivity index is 1.72. The third-order valence-electron chi connectivity index (χ3n) is 4.81. The van der Waals surface area contributed by atoms with Gasteiger partial charge >= 0.3 is 0 Å². The number of nitrogens with one attached hydrogen (secondary N) is 1. The van der Waals surface area contributed by atoms with Crippen LogP contribution in [-0.2, 0) is 0 Å². The molecule has 0 atom stereocenters. The van der Waals surface area contributed by atoms with Gasteiger partial charge in [-0.2, -0.15) is 0 Å². The van der Waals surface area contributed by atoms with Crippen molar-refractivity contribution in [1.29, 1.82) is 0 Å². The maximum Gasteiger partial charge on any atom is 0.257 e. The molecular formula is C20H23Cl2N3O. The fraction of sp³-hybridized carbons (Fsp3) is 0.350. The fourth-order valence-electron chi connectivity index (χ4n) is 3.27. The van der Waals surface area contributed by atoms with Crippen LogP contribution in [0.5, 0.6) is 0 Å². The van der Waals surface area contributed by atoms with E-state index in [4.69, 9.17) is 23.2 Å². The number of hydrogen-bond acceptors (Lipinski definition) is 3. The van der Waals surface area contributed by atoms with Gasteiger partial charge in [0.25, 0.3) is 5.91 Å². The van der Waals surface area contributed by atoms with Crippen LogP contribution in [0, 0.1) is 6.92 Å². The Labute approximate surface area is 164 Å². The van der Waals surface area contributed by atoms with E-state index in [1.165, 1.54) is 5.69 Å². The third-order valence-corrected chi connectivity index (χ3v) is 5.63. The van der Waals surface area contributed by atoms with Gasteiger partial charge in [-0.3, -0.25) is 4.79 Å². The Hall–Kier alpha value is -1.75. The molecular weight excluding hydrogens is 369 g/mol. The van der Waals surface area contributed by atoms with Crippen molar-refractivity contribution < 1.29 is 4.79 Å². The largest absolute Gasteiger partial charge is 0.369 e. The molecule has 0 aliphatic carbocycles. The van der Waals surface area contributed by atoms with Gasteiger partial charge in [0.15, 0.2) is 0 Å². The zero-order chi connectivity index (χ0) is 18.7. The summed E-state index contributed by atoms with van der Waals surface area (Å²) in [5, 5.41) is 3.55. The van der Waals surface area contributed by atoms with Gasteiger partial charge in [-0.1, -0.05) is 36.2 Å². The van der Waals surface area contributed by atoms with Crippen molar-refractivity contribution in [3.05, 3.63) is 57.6 Å². The van der Waals surface area contributed by atoms with Crippen LogP contribution in [0.3, 0.4) is 0 Å². The number of likely N-dealkylation sites (N-methyl/N-ethyl adjacent to an activating group) is 1. The molecule has 1 aliphatic heterocycles. The molecule has 1 fully saturated rings. The van der Waals surface area contributed by atoms with E-state index in [1.54, 1.807) is 18.2 Å². The Morgan fingerprint density at radius 3 is 2.50 bits per heavy atom. The summed E-state index contributed by atoms with van der Waals surface area (Å²) >= 11 is 12.1. The minimum absolute atomic E-state index is 0.263. The zero-order valence-corrected chi connectivity index (χ0v) is 16.6. The van der Waals surface area contributed by atoms with Crippen LogP contribution < -0.4 is 10.2 Å². The molecule has 0 unspecified atom stereocenters. The summed E-state index contributed by atoms with van der Waals surface area (Å²) in [5.74, 6) is -0.263. The van der Waals surface area contributed by atoms with Crippen LogP contribution in [0.1, 0.15) is 22.8 Å². The lowest BCUT2D eigenvalue weighted by molar-refractivity contribution is 0.102. The zero-order valence-electron chi connectivity index (χ0n) is 15.1. The Kier molecular flexibility index (Phi) is 6.07. The van der Waals surface area contributed by atoms with E-state index in [2.05, 4.69) is 35.0 Å². The minimum Gasteiger partial charge on any atom is -0.369 e. The number of hydrogen-bond donors (Lipinski definition) is 1. The number of nitrogens with zero attached hydrogens (tertiary/aromatic N) is 2. The predicted molar refractivity (Wildman–Crippen MR) is 110 cm³/mol. The summed E-state index contributed by atoms with van der Waals surface area (Å²) in [7, 11) is 0. The maximum absolute atomic E-state index is 12.5. The van der Waals surface area contributed by atoms with Gasteiger partial charge in [-0.15, -0.1) is 0 Å². The van der Waals surface area contributed by atoms with Gasteiger partial charge in [0.1, 0.15) is 0 Å². The molecule has 138 valence electrons. The lowest BCUT2D eigenvalue weighted by Gasteiger charge is -2.36. The molecule has 2 aromatic rings. The minimum atomic E-state index is -0.263. The summed E-state index contributed by atoms with van der Waals surface area (Å²) in [6, 6.07) is 11.1. The molecule has 1 N–H and O–H groups in total. The van der Waals surface area contributed by atoms with Crippen molar-refractivity contribution in [2.24, 2.45) is 0 Å². The molecule has 2 aromatic carbocycles. The normalized spacial score (nSPS) is 15.2. The van der Waals surface area contributed by atoms with E-state index < -0.39 is 0 Å². The van der Waals surface area contributed by atoms with Crippen molar-refractivity contribution in [2.45, 2.75) is 13.8 Å². The molecule has 0 saturated carbocycles. The number of rotatable bonds is 4. The van der Waals surface area contributed by atoms with Crippen molar-refractivity contribution in [2.75, 3.05) is 42.9 Å². The Morgan fingerprint density at radius 1 is 1.12 bits per heavy atom. The second-order valence-electron chi connectivity index (χ2n) is 6.48. The first-order chi connectivity index (χ1) is 12.5. The monoisotopic (exact) mass is 391 g/mol. The molecule has 6 heteroatoms. The summed E-state index contributed by atoms with van der Waals surface area (Å²) in [4.78, 5) is 17.3. The van der Waals surface area contributed by atoms with E-state index in [9.17, 15) is 4.79 Å². The molecule has 26 heavy (non-hydrogen) atoms. The fourth-order valence-corrected chi connectivity index (χ4v) is 3.66. The number of anilines is 2. The van der Waals surface area contributed by atoms with Gasteiger partial charge in [-0.05, 0) is 49.4 Å². The number of aryl methyl sites for hydroxylation is 1. The molecule has 1 heterocycles. The quantitative estimate of drug-likeness (QED) is 0.820. The number of piperazine rings is 1. The third kappa shape index (κ3) is 4.14. The van der Waals surface area contributed by atoms with E-state index in [-0.39, 0.29) is 10.9 Å². The smallest absolute Gasteiger partial charge is 0.257 e. The molecule has 3 rings (SSSR count). The average molecular weight is 392 g/mol. The number of carbonyl (C=O) groups is 1. The molecule has 0 radical (unpaired) electrons. The van der Waals surface area contributed by atoms with E-state index >= 15 is 0 Å². The van der Waals surface area contributed by atoms with Crippen molar-refractivity contribution in [3.63, 3.8) is 0 Å². The van der Waals surface area contributed by atoms with E-state index in [0.29, 0.717) is 10.6 Å². The summed E-state index contributed by atoms with van der Waals surface area (Å²) in [6.07, 6.45) is 0. The van der Waals surface area contributed by atoms with Crippen LogP contribution >= 0.6 is 23.2 Å². The maximum atomic E-state index is 12.5. The average Bonchev–Trinajstić information content (AvgIpc) is 2.64. The van der Waals surface area contributed by atoms with Gasteiger partial charge in [0, 0.05) is 37.6 Å². The second-order valence-corrected chi connectivity index (χ2v) is 7.26. The van der Waals surface area contributed by atoms with E-state index in [1.807, 2.05) is 12.1 Å². The number of carbonyl (C=O) groups excluding carboxylic acids is 1. The van der Waals surface area contributed by atoms with Crippen LogP contribution in [-0.4, -0.2) is 43.5 Å². The topological polar surface area (TPSA) is 35.6 Å². The van der Waals surface area contributed by atoms with Crippen LogP contribution in [0.2, 0.25) is 10.0 Å². The molecule has 0 aromatic heterocycles. The molecule has 1 saturated heterocycles. The number of halogens is 2. The van der Waals surface area contributed by atoms with Gasteiger partial charge < -0.3 is 15.1 Å². The van der Waals surface area contributed by atoms with Crippen molar-refractivity contribution in [3.8, 4) is 0 Å². The van der Waals surface area contributed by atoms with Crippen LogP contribution in [0.15, 0.2) is 36.4 Å². The van der Waals surface area contributed by atoms with Gasteiger partial charge in [-0.25, -0.2) is 0 Å². The van der Waals surface area contributed by atoms with Gasteiger partial charge in [0.2, 0.25) is 0 Å². The SMILES string of the molecule is CCN1CCN(c2ccc(NC(=O)c3cccc(Cl)c3Cl)cc2C)CC1. The summed E-state index contributed by atoms with van der Waals surface area (Å²) < 4.78 is 0. The molecule has 4 nitrogen and oxygen atoms in total. The number of amides is 1. The van der Waals surface area contributed by atoms with Crippen molar-refractivity contribution >= 4 is 40.5 Å². The number of benzene rings is 2. The Morgan fingerprint density at radius 2 is 1.85 bits per heavy atom. The van der Waals surface area contributed by atoms with Gasteiger partial charge in [0.05, 0.1) is 15.6 Å². The highest BCUT2D eigenvalue weighted by atomic mass is 35.5. The molecule has 0 spiro atoms. The molecule has 1 aliphatic rings. The first-order valence-electron chi connectivity index (χ1n) is 8.83. The van der Waals surface area contributed by atoms with E-state index in [0.717, 1.165) is 44.0 Å². The standard InChI is InChI=1S/C20H23Cl2N3O/c1-3-24-9-11-25(12-10-24)18-8-7-15(13-14(18)2)23-20(26)16-5-4-6-17(21)19(16)22/h4-8,13H,3,9-12H2,1-2H3,(H,23,26). The summed E-state index contributed by atoms with van der Waals surface area (Å²) in [5.41, 5.74) is 3.49. The second kappa shape index (κ2) is 8.30. The lowest BCUT2D eigenvalue weighted by atomic mass is 10.1. The highest BCUT2D eigenvalue weighted by molar-refractivity contribution is 6.44. The highest BCUT2D eigenvalue weighted by Gasteiger charge is 2.18. The highest BCUT2D eigenvalue weighted by Crippen LogP contribution is 2.28. The first kappa shape index (κ1) is 19.0. The molecule has 1 amide bonds. The van der Waals surface area contributed by atoms with Crippen LogP contribution in [0.4, 0.5) is 11.4 Å². The molecule has 0 bridgehead atoms. The Bertz CT molecular complexity index is 802. The predicted octanol–water partition coefficient (Wildman–Crippen LogP) is 4.70. The summed E-state index contributed by atoms with van der Waals surface area (Å²) in [6.45, 7) is 9.60. The lowest BCUT2D eigenvalue weighted by Crippen LogP contribution is -2.46. The van der Waals surface area contributed by atoms with Crippen molar-refractivity contribution in [1.82, 2.24) is 4.90 Å². The first-order valence-corrected chi connectivity index (χ1v) is 9.58. The van der Waals surface area contributed by atoms with Crippen LogP contribution in [0.25, 0.3) is 0 Å².